The average molecular weight is 336 g/mol. The lowest BCUT2D eigenvalue weighted by Gasteiger charge is -2.28. The van der Waals surface area contributed by atoms with Crippen molar-refractivity contribution in [2.75, 3.05) is 4.90 Å². The van der Waals surface area contributed by atoms with Crippen molar-refractivity contribution in [3.05, 3.63) is 75.8 Å². The van der Waals surface area contributed by atoms with Gasteiger partial charge in [0.1, 0.15) is 0 Å². The summed E-state index contributed by atoms with van der Waals surface area (Å²) in [6, 6.07) is 14.5. The average Bonchev–Trinajstić information content (AvgIpc) is 2.57. The van der Waals surface area contributed by atoms with Gasteiger partial charge in [-0.15, -0.1) is 0 Å². The highest BCUT2D eigenvalue weighted by Crippen LogP contribution is 2.36. The highest BCUT2D eigenvalue weighted by Gasteiger charge is 2.34. The van der Waals surface area contributed by atoms with Crippen LogP contribution >= 0.6 is 11.6 Å². The van der Waals surface area contributed by atoms with Gasteiger partial charge in [0.2, 0.25) is 0 Å². The first-order valence-corrected chi connectivity index (χ1v) is 8.04. The fourth-order valence-electron chi connectivity index (χ4n) is 3.24. The molecular formula is C20H14ClNO2. The van der Waals surface area contributed by atoms with Crippen LogP contribution in [0.25, 0.3) is 10.8 Å². The number of benzene rings is 3. The SMILES string of the molecule is Cc1ccc(C)c(N2C(=O)c3cccc4c(Cl)ccc(c34)C2=O)c1. The number of halogens is 1. The van der Waals surface area contributed by atoms with Crippen molar-refractivity contribution in [1.29, 1.82) is 0 Å². The molecule has 0 spiro atoms. The minimum absolute atomic E-state index is 0.311. The molecule has 0 radical (unpaired) electrons. The standard InChI is InChI=1S/C20H14ClNO2/c1-11-6-7-12(2)17(10-11)22-19(23)14-5-3-4-13-16(21)9-8-15(18(13)14)20(22)24/h3-10H,1-2H3. The molecule has 4 rings (SSSR count). The second-order valence-electron chi connectivity index (χ2n) is 6.06. The molecule has 24 heavy (non-hydrogen) atoms. The van der Waals surface area contributed by atoms with Gasteiger partial charge < -0.3 is 0 Å². The van der Waals surface area contributed by atoms with Gasteiger partial charge in [0.05, 0.1) is 5.69 Å². The fourth-order valence-corrected chi connectivity index (χ4v) is 3.46. The van der Waals surface area contributed by atoms with E-state index in [2.05, 4.69) is 0 Å². The molecule has 1 heterocycles. The van der Waals surface area contributed by atoms with E-state index in [4.69, 9.17) is 11.6 Å². The second kappa shape index (κ2) is 5.18. The van der Waals surface area contributed by atoms with Crippen LogP contribution in [-0.4, -0.2) is 11.8 Å². The number of nitrogens with zero attached hydrogens (tertiary/aromatic N) is 1. The minimum Gasteiger partial charge on any atom is -0.268 e. The van der Waals surface area contributed by atoms with Gasteiger partial charge in [-0.25, -0.2) is 4.90 Å². The summed E-state index contributed by atoms with van der Waals surface area (Å²) in [5.74, 6) is -0.622. The van der Waals surface area contributed by atoms with Gasteiger partial charge in [-0.05, 0) is 49.2 Å². The van der Waals surface area contributed by atoms with Crippen molar-refractivity contribution in [1.82, 2.24) is 0 Å². The molecule has 1 aliphatic heterocycles. The van der Waals surface area contributed by atoms with E-state index in [1.54, 1.807) is 24.3 Å². The van der Waals surface area contributed by atoms with E-state index in [9.17, 15) is 9.59 Å². The summed E-state index contributed by atoms with van der Waals surface area (Å²) >= 11 is 6.24. The van der Waals surface area contributed by atoms with Gasteiger partial charge in [-0.1, -0.05) is 35.9 Å². The summed E-state index contributed by atoms with van der Waals surface area (Å²) in [7, 11) is 0. The highest BCUT2D eigenvalue weighted by molar-refractivity contribution is 6.41. The Balaban J connectivity index is 2.02. The Morgan fingerprint density at radius 3 is 2.33 bits per heavy atom. The maximum Gasteiger partial charge on any atom is 0.265 e. The first kappa shape index (κ1) is 14.9. The van der Waals surface area contributed by atoms with E-state index in [0.29, 0.717) is 27.2 Å². The summed E-state index contributed by atoms with van der Waals surface area (Å²) in [5, 5.41) is 1.91. The maximum atomic E-state index is 13.1. The molecule has 0 atom stereocenters. The third-order valence-corrected chi connectivity index (χ3v) is 4.79. The molecule has 1 aliphatic rings. The molecule has 4 heteroatoms. The normalized spacial score (nSPS) is 13.7. The molecule has 0 unspecified atom stereocenters. The molecule has 0 N–H and O–H groups in total. The van der Waals surface area contributed by atoms with Crippen LogP contribution in [0.1, 0.15) is 31.8 Å². The monoisotopic (exact) mass is 335 g/mol. The van der Waals surface area contributed by atoms with E-state index >= 15 is 0 Å². The zero-order valence-corrected chi connectivity index (χ0v) is 14.0. The number of imide groups is 1. The second-order valence-corrected chi connectivity index (χ2v) is 6.47. The molecule has 0 saturated heterocycles. The topological polar surface area (TPSA) is 37.4 Å². The van der Waals surface area contributed by atoms with Crippen LogP contribution in [0.3, 0.4) is 0 Å². The summed E-state index contributed by atoms with van der Waals surface area (Å²) in [6.07, 6.45) is 0. The van der Waals surface area contributed by atoms with Crippen molar-refractivity contribution in [2.24, 2.45) is 0 Å². The van der Waals surface area contributed by atoms with E-state index in [1.165, 1.54) is 4.90 Å². The largest absolute Gasteiger partial charge is 0.268 e. The Bertz CT molecular complexity index is 1020. The summed E-state index contributed by atoms with van der Waals surface area (Å²) in [6.45, 7) is 3.84. The third-order valence-electron chi connectivity index (χ3n) is 4.46. The lowest BCUT2D eigenvalue weighted by atomic mass is 9.93. The van der Waals surface area contributed by atoms with Gasteiger partial charge >= 0.3 is 0 Å². The third kappa shape index (κ3) is 1.98. The lowest BCUT2D eigenvalue weighted by molar-refractivity contribution is 0.0893. The Labute approximate surface area is 144 Å². The smallest absolute Gasteiger partial charge is 0.265 e. The zero-order chi connectivity index (χ0) is 17.0. The van der Waals surface area contributed by atoms with Crippen LogP contribution < -0.4 is 4.90 Å². The molecule has 3 aromatic carbocycles. The Hall–Kier alpha value is -2.65. The van der Waals surface area contributed by atoms with Crippen LogP contribution in [0, 0.1) is 13.8 Å². The molecular weight excluding hydrogens is 322 g/mol. The molecule has 0 aliphatic carbocycles. The van der Waals surface area contributed by atoms with Crippen LogP contribution in [-0.2, 0) is 0 Å². The van der Waals surface area contributed by atoms with Crippen LogP contribution in [0.15, 0.2) is 48.5 Å². The number of amides is 2. The number of anilines is 1. The van der Waals surface area contributed by atoms with E-state index in [-0.39, 0.29) is 11.8 Å². The molecule has 0 bridgehead atoms. The van der Waals surface area contributed by atoms with Gasteiger partial charge in [-0.2, -0.15) is 0 Å². The molecule has 0 saturated carbocycles. The predicted octanol–water partition coefficient (Wildman–Crippen LogP) is 4.91. The predicted molar refractivity (Wildman–Crippen MR) is 96.0 cm³/mol. The van der Waals surface area contributed by atoms with Crippen molar-refractivity contribution in [3.63, 3.8) is 0 Å². The first-order valence-electron chi connectivity index (χ1n) is 7.66. The fraction of sp³-hybridized carbons (Fsp3) is 0.100. The summed E-state index contributed by atoms with van der Waals surface area (Å²) < 4.78 is 0. The summed E-state index contributed by atoms with van der Waals surface area (Å²) in [5.41, 5.74) is 3.52. The molecule has 0 aromatic heterocycles. The van der Waals surface area contributed by atoms with E-state index < -0.39 is 0 Å². The van der Waals surface area contributed by atoms with E-state index in [1.807, 2.05) is 38.1 Å². The molecule has 3 aromatic rings. The number of hydrogen-bond acceptors (Lipinski definition) is 2. The molecule has 118 valence electrons. The van der Waals surface area contributed by atoms with Crippen molar-refractivity contribution < 1.29 is 9.59 Å². The Kier molecular flexibility index (Phi) is 3.22. The number of carbonyl (C=O) groups excluding carboxylic acids is 2. The number of carbonyl (C=O) groups is 2. The number of aryl methyl sites for hydroxylation is 2. The summed E-state index contributed by atoms with van der Waals surface area (Å²) in [4.78, 5) is 27.4. The zero-order valence-electron chi connectivity index (χ0n) is 13.3. The Morgan fingerprint density at radius 1 is 0.875 bits per heavy atom. The van der Waals surface area contributed by atoms with Gasteiger partial charge in [-0.3, -0.25) is 9.59 Å². The molecule has 0 fully saturated rings. The lowest BCUT2D eigenvalue weighted by Crippen LogP contribution is -2.40. The van der Waals surface area contributed by atoms with Crippen LogP contribution in [0.5, 0.6) is 0 Å². The van der Waals surface area contributed by atoms with Crippen LogP contribution in [0.2, 0.25) is 5.02 Å². The van der Waals surface area contributed by atoms with Crippen molar-refractivity contribution in [3.8, 4) is 0 Å². The van der Waals surface area contributed by atoms with Crippen LogP contribution in [0.4, 0.5) is 5.69 Å². The van der Waals surface area contributed by atoms with E-state index in [0.717, 1.165) is 16.5 Å². The number of rotatable bonds is 1. The van der Waals surface area contributed by atoms with Crippen molar-refractivity contribution in [2.45, 2.75) is 13.8 Å². The Morgan fingerprint density at radius 2 is 1.58 bits per heavy atom. The van der Waals surface area contributed by atoms with Crippen molar-refractivity contribution >= 4 is 39.9 Å². The first-order chi connectivity index (χ1) is 11.5. The van der Waals surface area contributed by atoms with Gasteiger partial charge in [0.25, 0.3) is 11.8 Å². The molecule has 2 amide bonds. The van der Waals surface area contributed by atoms with Gasteiger partial charge in [0, 0.05) is 26.9 Å². The molecule has 3 nitrogen and oxygen atoms in total. The maximum absolute atomic E-state index is 13.1. The minimum atomic E-state index is -0.311. The highest BCUT2D eigenvalue weighted by atomic mass is 35.5. The number of hydrogen-bond donors (Lipinski definition) is 0. The van der Waals surface area contributed by atoms with Gasteiger partial charge in [0.15, 0.2) is 0 Å². The quantitative estimate of drug-likeness (QED) is 0.592.